The van der Waals surface area contributed by atoms with Crippen molar-refractivity contribution in [2.75, 3.05) is 6.61 Å². The number of rotatable bonds is 2. The third-order valence-electron chi connectivity index (χ3n) is 2.64. The van der Waals surface area contributed by atoms with Gasteiger partial charge in [0.15, 0.2) is 6.23 Å². The third kappa shape index (κ3) is 2.03. The number of ether oxygens (including phenoxy) is 1. The molecular formula is C9H12N2O6. The Morgan fingerprint density at radius 1 is 1.35 bits per heavy atom. The third-order valence-corrected chi connectivity index (χ3v) is 2.64. The maximum atomic E-state index is 11.4. The topological polar surface area (TPSA) is 125 Å². The lowest BCUT2D eigenvalue weighted by molar-refractivity contribution is -0.0550. The normalized spacial score (nSPS) is 32.9. The second kappa shape index (κ2) is 4.41. The van der Waals surface area contributed by atoms with Crippen LogP contribution >= 0.6 is 0 Å². The molecule has 4 N–H and O–H groups in total. The number of nitrogens with zero attached hydrogens (tertiary/aromatic N) is 1. The predicted molar refractivity (Wildman–Crippen MR) is 54.3 cm³/mol. The summed E-state index contributed by atoms with van der Waals surface area (Å²) in [5.74, 6) is 0. The number of hydrogen-bond acceptors (Lipinski definition) is 6. The number of hydrogen-bond donors (Lipinski definition) is 4. The maximum Gasteiger partial charge on any atom is 0.330 e. The van der Waals surface area contributed by atoms with Gasteiger partial charge in [-0.2, -0.15) is 0 Å². The molecule has 1 aliphatic heterocycles. The lowest BCUT2D eigenvalue weighted by Gasteiger charge is -2.16. The van der Waals surface area contributed by atoms with Gasteiger partial charge >= 0.3 is 5.69 Å². The van der Waals surface area contributed by atoms with Crippen molar-refractivity contribution in [2.24, 2.45) is 0 Å². The summed E-state index contributed by atoms with van der Waals surface area (Å²) in [6.07, 6.45) is -3.58. The van der Waals surface area contributed by atoms with Gasteiger partial charge in [0.2, 0.25) is 0 Å². The molecule has 0 aliphatic carbocycles. The van der Waals surface area contributed by atoms with E-state index in [1.54, 1.807) is 0 Å². The Morgan fingerprint density at radius 3 is 2.59 bits per heavy atom. The van der Waals surface area contributed by atoms with Crippen LogP contribution in [0.25, 0.3) is 0 Å². The van der Waals surface area contributed by atoms with Gasteiger partial charge in [0.1, 0.15) is 18.3 Å². The Labute approximate surface area is 94.7 Å². The summed E-state index contributed by atoms with van der Waals surface area (Å²) in [7, 11) is 0. The number of H-pyrrole nitrogens is 1. The molecule has 8 heteroatoms. The molecule has 0 saturated carbocycles. The smallest absolute Gasteiger partial charge is 0.330 e. The van der Waals surface area contributed by atoms with Crippen LogP contribution in [0.5, 0.6) is 0 Å². The van der Waals surface area contributed by atoms with E-state index in [1.165, 1.54) is 0 Å². The van der Waals surface area contributed by atoms with Gasteiger partial charge in [0, 0.05) is 12.3 Å². The first-order chi connectivity index (χ1) is 8.04. The molecule has 1 fully saturated rings. The summed E-state index contributed by atoms with van der Waals surface area (Å²) in [5.41, 5.74) is -1.33. The minimum atomic E-state index is -1.35. The molecule has 0 aromatic carbocycles. The highest BCUT2D eigenvalue weighted by atomic mass is 16.6. The molecule has 0 amide bonds. The lowest BCUT2D eigenvalue weighted by atomic mass is 10.1. The largest absolute Gasteiger partial charge is 0.394 e. The number of aliphatic hydroxyl groups is 3. The Bertz CT molecular complexity index is 509. The molecule has 1 aromatic rings. The average molecular weight is 244 g/mol. The van der Waals surface area contributed by atoms with E-state index in [2.05, 4.69) is 0 Å². The van der Waals surface area contributed by atoms with Crippen molar-refractivity contribution < 1.29 is 20.1 Å². The van der Waals surface area contributed by atoms with Crippen LogP contribution in [-0.2, 0) is 4.74 Å². The zero-order valence-corrected chi connectivity index (χ0v) is 8.68. The molecule has 94 valence electrons. The number of nitrogens with one attached hydrogen (secondary N) is 1. The number of aliphatic hydroxyl groups excluding tert-OH is 3. The predicted octanol–water partition coefficient (Wildman–Crippen LogP) is -2.85. The summed E-state index contributed by atoms with van der Waals surface area (Å²) in [4.78, 5) is 24.3. The molecule has 1 unspecified atom stereocenters. The average Bonchev–Trinajstić information content (AvgIpc) is 2.57. The van der Waals surface area contributed by atoms with Crippen molar-refractivity contribution >= 4 is 0 Å². The molecule has 2 heterocycles. The first kappa shape index (κ1) is 12.0. The van der Waals surface area contributed by atoms with Gasteiger partial charge < -0.3 is 20.1 Å². The van der Waals surface area contributed by atoms with Crippen LogP contribution in [0.2, 0.25) is 0 Å². The zero-order valence-electron chi connectivity index (χ0n) is 8.68. The Hall–Kier alpha value is -1.48. The summed E-state index contributed by atoms with van der Waals surface area (Å²) in [6.45, 7) is -0.479. The molecular weight excluding hydrogens is 232 g/mol. The second-order valence-corrected chi connectivity index (χ2v) is 3.75. The molecule has 0 radical (unpaired) electrons. The van der Waals surface area contributed by atoms with Crippen LogP contribution in [0.4, 0.5) is 0 Å². The van der Waals surface area contributed by atoms with E-state index in [-0.39, 0.29) is 0 Å². The van der Waals surface area contributed by atoms with Crippen molar-refractivity contribution in [1.82, 2.24) is 9.55 Å². The van der Waals surface area contributed by atoms with Crippen molar-refractivity contribution in [3.63, 3.8) is 0 Å². The summed E-state index contributed by atoms with van der Waals surface area (Å²) < 4.78 is 6.08. The highest BCUT2D eigenvalue weighted by Crippen LogP contribution is 2.27. The summed E-state index contributed by atoms with van der Waals surface area (Å²) >= 11 is 0. The van der Waals surface area contributed by atoms with E-state index in [0.717, 1.165) is 16.8 Å². The SMILES string of the molecule is O=c1ccn([C@@H]2O[C@H](CO)C(O)[C@H]2O)c(=O)[nH]1. The van der Waals surface area contributed by atoms with Crippen LogP contribution in [0.1, 0.15) is 6.23 Å². The van der Waals surface area contributed by atoms with Gasteiger partial charge in [-0.3, -0.25) is 14.3 Å². The summed E-state index contributed by atoms with van der Waals surface area (Å²) in [6, 6.07) is 1.09. The molecule has 4 atom stereocenters. The molecule has 17 heavy (non-hydrogen) atoms. The lowest BCUT2D eigenvalue weighted by Crippen LogP contribution is -2.37. The van der Waals surface area contributed by atoms with Gasteiger partial charge in [-0.05, 0) is 0 Å². The first-order valence-corrected chi connectivity index (χ1v) is 4.98. The minimum absolute atomic E-state index is 0.479. The highest BCUT2D eigenvalue weighted by molar-refractivity contribution is 4.92. The fourth-order valence-electron chi connectivity index (χ4n) is 1.74. The monoisotopic (exact) mass is 244 g/mol. The highest BCUT2D eigenvalue weighted by Gasteiger charge is 2.43. The quantitative estimate of drug-likeness (QED) is 0.444. The van der Waals surface area contributed by atoms with Crippen LogP contribution in [0, 0.1) is 0 Å². The molecule has 1 aromatic heterocycles. The second-order valence-electron chi connectivity index (χ2n) is 3.75. The van der Waals surface area contributed by atoms with Crippen LogP contribution in [0.15, 0.2) is 21.9 Å². The van der Waals surface area contributed by atoms with Crippen molar-refractivity contribution in [2.45, 2.75) is 24.5 Å². The molecule has 8 nitrogen and oxygen atoms in total. The fraction of sp³-hybridized carbons (Fsp3) is 0.556. The van der Waals surface area contributed by atoms with E-state index in [0.29, 0.717) is 0 Å². The molecule has 1 aliphatic rings. The number of aromatic nitrogens is 2. The van der Waals surface area contributed by atoms with Gasteiger partial charge in [-0.15, -0.1) is 0 Å². The van der Waals surface area contributed by atoms with Gasteiger partial charge in [0.05, 0.1) is 6.61 Å². The van der Waals surface area contributed by atoms with Crippen LogP contribution in [-0.4, -0.2) is 49.8 Å². The molecule has 0 spiro atoms. The van der Waals surface area contributed by atoms with Gasteiger partial charge in [0.25, 0.3) is 5.56 Å². The molecule has 2 rings (SSSR count). The Balaban J connectivity index is 2.35. The zero-order chi connectivity index (χ0) is 12.6. The van der Waals surface area contributed by atoms with Crippen molar-refractivity contribution in [3.05, 3.63) is 33.1 Å². The Morgan fingerprint density at radius 2 is 2.06 bits per heavy atom. The fourth-order valence-corrected chi connectivity index (χ4v) is 1.74. The maximum absolute atomic E-state index is 11.4. The van der Waals surface area contributed by atoms with Gasteiger partial charge in [-0.1, -0.05) is 0 Å². The van der Waals surface area contributed by atoms with E-state index in [1.807, 2.05) is 4.98 Å². The molecule has 1 saturated heterocycles. The van der Waals surface area contributed by atoms with Crippen molar-refractivity contribution in [3.8, 4) is 0 Å². The van der Waals surface area contributed by atoms with Crippen LogP contribution < -0.4 is 11.2 Å². The first-order valence-electron chi connectivity index (χ1n) is 4.98. The van der Waals surface area contributed by atoms with Crippen molar-refractivity contribution in [1.29, 1.82) is 0 Å². The van der Waals surface area contributed by atoms with E-state index in [9.17, 15) is 19.8 Å². The minimum Gasteiger partial charge on any atom is -0.394 e. The van der Waals surface area contributed by atoms with E-state index >= 15 is 0 Å². The number of aromatic amines is 1. The summed E-state index contributed by atoms with van der Waals surface area (Å²) in [5, 5.41) is 28.1. The van der Waals surface area contributed by atoms with Crippen LogP contribution in [0.3, 0.4) is 0 Å². The van der Waals surface area contributed by atoms with E-state index in [4.69, 9.17) is 9.84 Å². The molecule has 0 bridgehead atoms. The standard InChI is InChI=1S/C9H12N2O6/c12-3-4-6(14)7(15)8(17-4)11-2-1-5(13)10-9(11)16/h1-2,4,6-8,12,14-15H,3H2,(H,10,13,16)/t4-,6?,7-,8-/m1/s1. The van der Waals surface area contributed by atoms with Gasteiger partial charge in [-0.25, -0.2) is 4.79 Å². The Kier molecular flexibility index (Phi) is 3.11. The van der Waals surface area contributed by atoms with E-state index < -0.39 is 42.4 Å².